The van der Waals surface area contributed by atoms with Crippen molar-refractivity contribution in [3.05, 3.63) is 23.8 Å². The Morgan fingerprint density at radius 3 is 2.33 bits per heavy atom. The van der Waals surface area contributed by atoms with E-state index in [1.54, 1.807) is 4.90 Å². The van der Waals surface area contributed by atoms with E-state index in [1.807, 2.05) is 32.9 Å². The van der Waals surface area contributed by atoms with Gasteiger partial charge in [-0.05, 0) is 23.1 Å². The minimum atomic E-state index is -1.25. The van der Waals surface area contributed by atoms with Crippen LogP contribution in [0.15, 0.2) is 23.8 Å². The van der Waals surface area contributed by atoms with Gasteiger partial charge in [-0.25, -0.2) is 0 Å². The number of hydrogen-bond donors (Lipinski definition) is 0. The smallest absolute Gasteiger partial charge is 0.230 e. The molecule has 0 saturated carbocycles. The van der Waals surface area contributed by atoms with Crippen molar-refractivity contribution < 1.29 is 14.3 Å². The fourth-order valence-electron chi connectivity index (χ4n) is 2.60. The molecule has 0 aromatic rings. The van der Waals surface area contributed by atoms with E-state index in [0.717, 1.165) is 5.57 Å². The highest BCUT2D eigenvalue weighted by atomic mass is 16.5. The van der Waals surface area contributed by atoms with Gasteiger partial charge in [0.15, 0.2) is 0 Å². The molecule has 1 saturated heterocycles. The first-order chi connectivity index (χ1) is 9.48. The van der Waals surface area contributed by atoms with Crippen LogP contribution in [-0.4, -0.2) is 35.5 Å². The van der Waals surface area contributed by atoms with Crippen molar-refractivity contribution in [2.24, 2.45) is 10.8 Å². The molecule has 0 N–H and O–H groups in total. The molecule has 4 heteroatoms. The summed E-state index contributed by atoms with van der Waals surface area (Å²) in [6.07, 6.45) is 5.19. The summed E-state index contributed by atoms with van der Waals surface area (Å²) in [6, 6.07) is 0. The predicted molar refractivity (Wildman–Crippen MR) is 81.5 cm³/mol. The highest BCUT2D eigenvalue weighted by molar-refractivity contribution is 6.03. The second-order valence-corrected chi connectivity index (χ2v) is 7.80. The molecule has 2 aliphatic rings. The molecule has 1 amide bonds. The van der Waals surface area contributed by atoms with Gasteiger partial charge in [-0.2, -0.15) is 0 Å². The summed E-state index contributed by atoms with van der Waals surface area (Å²) in [5.74, 6) is -0.237. The van der Waals surface area contributed by atoms with Crippen molar-refractivity contribution in [2.45, 2.75) is 47.3 Å². The van der Waals surface area contributed by atoms with Crippen molar-refractivity contribution in [3.63, 3.8) is 0 Å². The van der Waals surface area contributed by atoms with Crippen LogP contribution in [0.4, 0.5) is 0 Å². The summed E-state index contributed by atoms with van der Waals surface area (Å²) < 4.78 is 5.78. The molecule has 0 radical (unpaired) electrons. The molecule has 1 atom stereocenters. The molecule has 0 bridgehead atoms. The normalized spacial score (nSPS) is 26.5. The fourth-order valence-corrected chi connectivity index (χ4v) is 2.60. The first kappa shape index (κ1) is 16.0. The number of carbonyl (C=O) groups excluding carboxylic acids is 2. The van der Waals surface area contributed by atoms with Gasteiger partial charge in [0.05, 0.1) is 6.61 Å². The first-order valence-corrected chi connectivity index (χ1v) is 7.40. The number of nitrogens with zero attached hydrogens (tertiary/aromatic N) is 1. The maximum Gasteiger partial charge on any atom is 0.230 e. The number of amides is 1. The number of allylic oxidation sites excluding steroid dienone is 2. The summed E-state index contributed by atoms with van der Waals surface area (Å²) in [6.45, 7) is 12.7. The zero-order chi connectivity index (χ0) is 16.1. The molecule has 4 nitrogen and oxygen atoms in total. The molecule has 0 aromatic heterocycles. The van der Waals surface area contributed by atoms with Gasteiger partial charge in [0.1, 0.15) is 0 Å². The zero-order valence-electron chi connectivity index (χ0n) is 13.8. The van der Waals surface area contributed by atoms with Gasteiger partial charge >= 0.3 is 0 Å². The van der Waals surface area contributed by atoms with Crippen molar-refractivity contribution >= 4 is 11.7 Å². The van der Waals surface area contributed by atoms with Gasteiger partial charge in [-0.3, -0.25) is 9.59 Å². The van der Waals surface area contributed by atoms with Gasteiger partial charge in [0.25, 0.3) is 0 Å². The summed E-state index contributed by atoms with van der Waals surface area (Å²) in [5, 5.41) is 0. The number of hydrogen-bond acceptors (Lipinski definition) is 3. The Labute approximate surface area is 126 Å². The average molecular weight is 291 g/mol. The Hall–Kier alpha value is -1.42. The Kier molecular flexibility index (Phi) is 3.65. The highest BCUT2D eigenvalue weighted by Gasteiger charge is 2.52. The molecule has 2 rings (SSSR count). The molecule has 1 aliphatic carbocycles. The quantitative estimate of drug-likeness (QED) is 0.689. The van der Waals surface area contributed by atoms with Crippen LogP contribution >= 0.6 is 0 Å². The van der Waals surface area contributed by atoms with Gasteiger partial charge in [0, 0.05) is 12.0 Å². The summed E-state index contributed by atoms with van der Waals surface area (Å²) in [4.78, 5) is 26.8. The van der Waals surface area contributed by atoms with Crippen LogP contribution in [0.3, 0.4) is 0 Å². The highest BCUT2D eigenvalue weighted by Crippen LogP contribution is 2.38. The molecule has 1 fully saturated rings. The molecule has 116 valence electrons. The maximum absolute atomic E-state index is 12.7. The van der Waals surface area contributed by atoms with Crippen LogP contribution in [-0.2, 0) is 14.3 Å². The minimum absolute atomic E-state index is 0.0619. The standard InChI is InChI=1S/C17H25NO3/c1-15(2,3)12-7-8-13(19)17(11-12)18(9-10-21-17)14(20)16(4,5)6/h7-8,11H,9-10H2,1-6H3/t17-/m1/s1. The lowest BCUT2D eigenvalue weighted by atomic mass is 9.80. The van der Waals surface area contributed by atoms with Crippen molar-refractivity contribution in [1.29, 1.82) is 0 Å². The Morgan fingerprint density at radius 2 is 1.81 bits per heavy atom. The van der Waals surface area contributed by atoms with Crippen LogP contribution in [0.25, 0.3) is 0 Å². The minimum Gasteiger partial charge on any atom is -0.343 e. The van der Waals surface area contributed by atoms with Crippen LogP contribution in [0.1, 0.15) is 41.5 Å². The fraction of sp³-hybridized carbons (Fsp3) is 0.647. The number of ketones is 1. The maximum atomic E-state index is 12.7. The monoisotopic (exact) mass is 291 g/mol. The van der Waals surface area contributed by atoms with Gasteiger partial charge in [-0.1, -0.05) is 47.6 Å². The number of carbonyl (C=O) groups is 2. The van der Waals surface area contributed by atoms with Crippen LogP contribution in [0.5, 0.6) is 0 Å². The molecular formula is C17H25NO3. The second kappa shape index (κ2) is 4.80. The predicted octanol–water partition coefficient (Wildman–Crippen LogP) is 2.70. The third-order valence-electron chi connectivity index (χ3n) is 3.91. The van der Waals surface area contributed by atoms with E-state index in [1.165, 1.54) is 6.08 Å². The van der Waals surface area contributed by atoms with Gasteiger partial charge in [-0.15, -0.1) is 0 Å². The lowest BCUT2D eigenvalue weighted by Gasteiger charge is -2.39. The van der Waals surface area contributed by atoms with Gasteiger partial charge < -0.3 is 9.64 Å². The second-order valence-electron chi connectivity index (χ2n) is 7.80. The van der Waals surface area contributed by atoms with E-state index in [2.05, 4.69) is 20.8 Å². The Balaban J connectivity index is 2.48. The molecule has 1 aliphatic heterocycles. The topological polar surface area (TPSA) is 46.6 Å². The molecule has 21 heavy (non-hydrogen) atoms. The van der Waals surface area contributed by atoms with Crippen molar-refractivity contribution in [3.8, 4) is 0 Å². The average Bonchev–Trinajstić information content (AvgIpc) is 2.73. The van der Waals surface area contributed by atoms with Crippen LogP contribution < -0.4 is 0 Å². The summed E-state index contributed by atoms with van der Waals surface area (Å²) >= 11 is 0. The van der Waals surface area contributed by atoms with E-state index in [9.17, 15) is 9.59 Å². The Bertz CT molecular complexity index is 531. The zero-order valence-corrected chi connectivity index (χ0v) is 13.8. The largest absolute Gasteiger partial charge is 0.343 e. The third kappa shape index (κ3) is 2.69. The molecule has 0 aromatic carbocycles. The van der Waals surface area contributed by atoms with E-state index < -0.39 is 11.1 Å². The number of ether oxygens (including phenoxy) is 1. The van der Waals surface area contributed by atoms with E-state index >= 15 is 0 Å². The van der Waals surface area contributed by atoms with E-state index in [-0.39, 0.29) is 17.1 Å². The van der Waals surface area contributed by atoms with E-state index in [4.69, 9.17) is 4.74 Å². The molecule has 1 spiro atoms. The van der Waals surface area contributed by atoms with Crippen LogP contribution in [0, 0.1) is 10.8 Å². The van der Waals surface area contributed by atoms with Crippen LogP contribution in [0.2, 0.25) is 0 Å². The summed E-state index contributed by atoms with van der Waals surface area (Å²) in [7, 11) is 0. The third-order valence-corrected chi connectivity index (χ3v) is 3.91. The molecule has 1 heterocycles. The summed E-state index contributed by atoms with van der Waals surface area (Å²) in [5.41, 5.74) is -0.887. The molecular weight excluding hydrogens is 266 g/mol. The number of rotatable bonds is 0. The molecule has 0 unspecified atom stereocenters. The van der Waals surface area contributed by atoms with E-state index in [0.29, 0.717) is 13.2 Å². The van der Waals surface area contributed by atoms with Crippen molar-refractivity contribution in [1.82, 2.24) is 4.90 Å². The van der Waals surface area contributed by atoms with Crippen molar-refractivity contribution in [2.75, 3.05) is 13.2 Å². The first-order valence-electron chi connectivity index (χ1n) is 7.40. The van der Waals surface area contributed by atoms with Gasteiger partial charge in [0.2, 0.25) is 17.4 Å². The lowest BCUT2D eigenvalue weighted by molar-refractivity contribution is -0.159. The Morgan fingerprint density at radius 1 is 1.19 bits per heavy atom. The SMILES string of the molecule is CC(C)(C)C(=O)N1CCO[C@@]12C=C(C(C)(C)C)C=CC2=O. The lowest BCUT2D eigenvalue weighted by Crippen LogP contribution is -2.56.